The highest BCUT2D eigenvalue weighted by Gasteiger charge is 2.28. The first-order valence-corrected chi connectivity index (χ1v) is 7.80. The molecule has 0 aliphatic heterocycles. The first-order valence-electron chi connectivity index (χ1n) is 5.98. The Morgan fingerprint density at radius 3 is 2.45 bits per heavy atom. The molecule has 0 N–H and O–H groups in total. The average molecular weight is 314 g/mol. The van der Waals surface area contributed by atoms with E-state index in [0.29, 0.717) is 5.69 Å². The fourth-order valence-corrected chi connectivity index (χ4v) is 3.63. The molecule has 0 amide bonds. The Balaban J connectivity index is 2.51. The van der Waals surface area contributed by atoms with Gasteiger partial charge in [-0.25, -0.2) is 4.98 Å². The molecule has 20 heavy (non-hydrogen) atoms. The molecular formula is C13H16ClN3O2S. The third-order valence-corrected chi connectivity index (χ3v) is 5.39. The second-order valence-corrected chi connectivity index (χ2v) is 6.96. The van der Waals surface area contributed by atoms with Gasteiger partial charge in [0, 0.05) is 14.1 Å². The summed E-state index contributed by atoms with van der Waals surface area (Å²) in [6.45, 7) is 3.83. The van der Waals surface area contributed by atoms with Crippen molar-refractivity contribution >= 4 is 27.3 Å². The SMILES string of the molecule is Cc1ccc(N(C)S(=O)(=O)c2ncn(C)c2Cl)c(C)c1. The fourth-order valence-electron chi connectivity index (χ4n) is 1.98. The molecule has 0 saturated carbocycles. The number of rotatable bonds is 3. The van der Waals surface area contributed by atoms with E-state index in [2.05, 4.69) is 4.98 Å². The molecular weight excluding hydrogens is 298 g/mol. The van der Waals surface area contributed by atoms with Gasteiger partial charge < -0.3 is 4.57 Å². The zero-order chi connectivity index (χ0) is 15.1. The molecule has 2 aromatic rings. The quantitative estimate of drug-likeness (QED) is 0.875. The Bertz CT molecular complexity index is 753. The van der Waals surface area contributed by atoms with Gasteiger partial charge in [0.1, 0.15) is 5.15 Å². The van der Waals surface area contributed by atoms with E-state index < -0.39 is 10.0 Å². The molecule has 0 fully saturated rings. The second kappa shape index (κ2) is 5.10. The lowest BCUT2D eigenvalue weighted by atomic mass is 10.1. The van der Waals surface area contributed by atoms with Crippen LogP contribution < -0.4 is 4.31 Å². The maximum atomic E-state index is 12.6. The number of benzene rings is 1. The largest absolute Gasteiger partial charge is 0.324 e. The number of sulfonamides is 1. The Morgan fingerprint density at radius 2 is 1.95 bits per heavy atom. The van der Waals surface area contributed by atoms with Crippen molar-refractivity contribution in [1.29, 1.82) is 0 Å². The van der Waals surface area contributed by atoms with Gasteiger partial charge >= 0.3 is 0 Å². The lowest BCUT2D eigenvalue weighted by molar-refractivity contribution is 0.591. The van der Waals surface area contributed by atoms with Gasteiger partial charge in [0.2, 0.25) is 5.03 Å². The third-order valence-electron chi connectivity index (χ3n) is 3.13. The van der Waals surface area contributed by atoms with E-state index >= 15 is 0 Å². The van der Waals surface area contributed by atoms with Crippen LogP contribution in [0.3, 0.4) is 0 Å². The maximum absolute atomic E-state index is 12.6. The third kappa shape index (κ3) is 2.41. The molecule has 108 valence electrons. The summed E-state index contributed by atoms with van der Waals surface area (Å²) >= 11 is 5.98. The number of hydrogen-bond acceptors (Lipinski definition) is 3. The number of anilines is 1. The minimum atomic E-state index is -3.77. The topological polar surface area (TPSA) is 55.2 Å². The molecule has 1 aromatic heterocycles. The molecule has 1 aromatic carbocycles. The summed E-state index contributed by atoms with van der Waals surface area (Å²) in [5, 5.41) is -0.0363. The standard InChI is InChI=1S/C13H16ClN3O2S/c1-9-5-6-11(10(2)7-9)17(4)20(18,19)13-12(14)16(3)8-15-13/h5-8H,1-4H3. The number of aryl methyl sites for hydroxylation is 3. The molecule has 7 heteroatoms. The molecule has 1 heterocycles. The highest BCUT2D eigenvalue weighted by molar-refractivity contribution is 7.92. The van der Waals surface area contributed by atoms with Crippen molar-refractivity contribution in [3.63, 3.8) is 0 Å². The van der Waals surface area contributed by atoms with Crippen LogP contribution >= 0.6 is 11.6 Å². The second-order valence-electron chi connectivity index (χ2n) is 4.71. The van der Waals surface area contributed by atoms with Crippen LogP contribution in [0, 0.1) is 13.8 Å². The van der Waals surface area contributed by atoms with Crippen molar-refractivity contribution in [3.05, 3.63) is 40.8 Å². The number of hydrogen-bond donors (Lipinski definition) is 0. The van der Waals surface area contributed by atoms with Gasteiger partial charge in [-0.2, -0.15) is 8.42 Å². The molecule has 5 nitrogen and oxygen atoms in total. The van der Waals surface area contributed by atoms with Crippen molar-refractivity contribution in [2.45, 2.75) is 18.9 Å². The predicted octanol–water partition coefficient (Wildman–Crippen LogP) is 2.52. The zero-order valence-corrected chi connectivity index (χ0v) is 13.3. The van der Waals surface area contributed by atoms with E-state index in [-0.39, 0.29) is 10.2 Å². The zero-order valence-electron chi connectivity index (χ0n) is 11.8. The van der Waals surface area contributed by atoms with Crippen molar-refractivity contribution in [3.8, 4) is 0 Å². The van der Waals surface area contributed by atoms with E-state index in [9.17, 15) is 8.42 Å². The maximum Gasteiger partial charge on any atom is 0.284 e. The van der Waals surface area contributed by atoms with E-state index in [1.807, 2.05) is 26.0 Å². The summed E-state index contributed by atoms with van der Waals surface area (Å²) in [5.41, 5.74) is 2.56. The molecule has 0 spiro atoms. The molecule has 2 rings (SSSR count). The number of aromatic nitrogens is 2. The van der Waals surface area contributed by atoms with Crippen LogP contribution in [0.4, 0.5) is 5.69 Å². The van der Waals surface area contributed by atoms with Gasteiger partial charge in [-0.05, 0) is 25.5 Å². The molecule has 0 aliphatic rings. The summed E-state index contributed by atoms with van der Waals surface area (Å²) in [5.74, 6) is 0. The summed E-state index contributed by atoms with van der Waals surface area (Å²) in [6, 6.07) is 5.58. The van der Waals surface area contributed by atoms with Crippen LogP contribution in [0.2, 0.25) is 5.15 Å². The number of imidazole rings is 1. The lowest BCUT2D eigenvalue weighted by Gasteiger charge is -2.20. The van der Waals surface area contributed by atoms with Gasteiger partial charge in [-0.15, -0.1) is 0 Å². The molecule has 0 saturated heterocycles. The normalized spacial score (nSPS) is 11.7. The Labute approximate surface area is 123 Å². The Kier molecular flexibility index (Phi) is 3.80. The fraction of sp³-hybridized carbons (Fsp3) is 0.308. The van der Waals surface area contributed by atoms with Crippen LogP contribution in [-0.4, -0.2) is 25.0 Å². The van der Waals surface area contributed by atoms with Crippen molar-refractivity contribution in [1.82, 2.24) is 9.55 Å². The number of nitrogens with zero attached hydrogens (tertiary/aromatic N) is 3. The van der Waals surface area contributed by atoms with Crippen LogP contribution in [-0.2, 0) is 17.1 Å². The minimum Gasteiger partial charge on any atom is -0.324 e. The molecule has 0 atom stereocenters. The van der Waals surface area contributed by atoms with Crippen LogP contribution in [0.25, 0.3) is 0 Å². The average Bonchev–Trinajstić information content (AvgIpc) is 2.70. The molecule has 0 aliphatic carbocycles. The first kappa shape index (κ1) is 14.9. The molecule has 0 unspecified atom stereocenters. The summed E-state index contributed by atoms with van der Waals surface area (Å²) < 4.78 is 27.8. The van der Waals surface area contributed by atoms with Gasteiger partial charge in [-0.1, -0.05) is 29.3 Å². The Hall–Kier alpha value is -1.53. The Morgan fingerprint density at radius 1 is 1.30 bits per heavy atom. The molecule has 0 bridgehead atoms. The van der Waals surface area contributed by atoms with E-state index in [1.54, 1.807) is 13.1 Å². The first-order chi connectivity index (χ1) is 9.25. The van der Waals surface area contributed by atoms with Crippen molar-refractivity contribution in [2.24, 2.45) is 7.05 Å². The summed E-state index contributed by atoms with van der Waals surface area (Å²) in [4.78, 5) is 3.88. The highest BCUT2D eigenvalue weighted by atomic mass is 35.5. The molecule has 0 radical (unpaired) electrons. The van der Waals surface area contributed by atoms with E-state index in [0.717, 1.165) is 11.1 Å². The lowest BCUT2D eigenvalue weighted by Crippen LogP contribution is -2.27. The number of halogens is 1. The van der Waals surface area contributed by atoms with Gasteiger partial charge in [0.15, 0.2) is 0 Å². The van der Waals surface area contributed by atoms with E-state index in [4.69, 9.17) is 11.6 Å². The van der Waals surface area contributed by atoms with Crippen LogP contribution in [0.5, 0.6) is 0 Å². The summed E-state index contributed by atoms with van der Waals surface area (Å²) in [7, 11) is -0.625. The van der Waals surface area contributed by atoms with Gasteiger partial charge in [0.25, 0.3) is 10.0 Å². The predicted molar refractivity (Wildman–Crippen MR) is 79.7 cm³/mol. The van der Waals surface area contributed by atoms with Crippen molar-refractivity contribution in [2.75, 3.05) is 11.4 Å². The van der Waals surface area contributed by atoms with Crippen molar-refractivity contribution < 1.29 is 8.42 Å². The highest BCUT2D eigenvalue weighted by Crippen LogP contribution is 2.28. The monoisotopic (exact) mass is 313 g/mol. The summed E-state index contributed by atoms with van der Waals surface area (Å²) in [6.07, 6.45) is 1.38. The van der Waals surface area contributed by atoms with Gasteiger partial charge in [-0.3, -0.25) is 4.31 Å². The minimum absolute atomic E-state index is 0.0987. The van der Waals surface area contributed by atoms with E-state index in [1.165, 1.54) is 22.2 Å². The van der Waals surface area contributed by atoms with Gasteiger partial charge in [0.05, 0.1) is 12.0 Å². The van der Waals surface area contributed by atoms with Crippen LogP contribution in [0.15, 0.2) is 29.6 Å². The van der Waals surface area contributed by atoms with Crippen LogP contribution in [0.1, 0.15) is 11.1 Å². The smallest absolute Gasteiger partial charge is 0.284 e.